The first kappa shape index (κ1) is 13.6. The Bertz CT molecular complexity index is 392. The van der Waals surface area contributed by atoms with Gasteiger partial charge in [-0.1, -0.05) is 13.8 Å². The average molecular weight is 242 g/mol. The number of hydrogen-bond acceptors (Lipinski definition) is 2. The van der Waals surface area contributed by atoms with Gasteiger partial charge in [0.15, 0.2) is 0 Å². The number of rotatable bonds is 4. The molecular formula is C13H16F2O2. The van der Waals surface area contributed by atoms with Crippen LogP contribution in [0.15, 0.2) is 18.2 Å². The van der Waals surface area contributed by atoms with Crippen LogP contribution in [0, 0.1) is 11.6 Å². The zero-order valence-electron chi connectivity index (χ0n) is 10.2. The van der Waals surface area contributed by atoms with E-state index in [-0.39, 0.29) is 0 Å². The smallest absolute Gasteiger partial charge is 0.303 e. The van der Waals surface area contributed by atoms with E-state index in [1.54, 1.807) is 0 Å². The van der Waals surface area contributed by atoms with Crippen LogP contribution < -0.4 is 0 Å². The van der Waals surface area contributed by atoms with Crippen molar-refractivity contribution < 1.29 is 18.3 Å². The molecule has 1 aromatic rings. The van der Waals surface area contributed by atoms with Crippen molar-refractivity contribution in [1.82, 2.24) is 0 Å². The molecule has 94 valence electrons. The van der Waals surface area contributed by atoms with Crippen molar-refractivity contribution in [3.05, 3.63) is 35.4 Å². The second-order valence-corrected chi connectivity index (χ2v) is 3.95. The number of carbonyl (C=O) groups is 1. The van der Waals surface area contributed by atoms with Crippen LogP contribution >= 0.6 is 0 Å². The third kappa shape index (κ3) is 3.02. The lowest BCUT2D eigenvalue weighted by Crippen LogP contribution is -2.30. The van der Waals surface area contributed by atoms with Crippen LogP contribution in [0.25, 0.3) is 0 Å². The minimum absolute atomic E-state index is 0.357. The standard InChI is InChI=1S/C13H16F2O2/c1-4-13(5-2,17-9(3)16)10-6-11(14)8-12(15)7-10/h6-8H,4-5H2,1-3H3. The molecule has 17 heavy (non-hydrogen) atoms. The summed E-state index contributed by atoms with van der Waals surface area (Å²) in [5, 5.41) is 0. The first-order valence-electron chi connectivity index (χ1n) is 5.59. The van der Waals surface area contributed by atoms with Gasteiger partial charge in [-0.2, -0.15) is 0 Å². The fourth-order valence-corrected chi connectivity index (χ4v) is 1.95. The van der Waals surface area contributed by atoms with Crippen LogP contribution in [-0.4, -0.2) is 5.97 Å². The first-order valence-corrected chi connectivity index (χ1v) is 5.59. The van der Waals surface area contributed by atoms with Crippen molar-refractivity contribution in [2.75, 3.05) is 0 Å². The Labute approximate surface area is 99.6 Å². The summed E-state index contributed by atoms with van der Waals surface area (Å²) in [5.41, 5.74) is -0.593. The van der Waals surface area contributed by atoms with E-state index in [0.29, 0.717) is 18.4 Å². The molecule has 0 unspecified atom stereocenters. The number of halogens is 2. The second kappa shape index (κ2) is 5.25. The van der Waals surface area contributed by atoms with Crippen LogP contribution in [-0.2, 0) is 15.1 Å². The van der Waals surface area contributed by atoms with E-state index >= 15 is 0 Å². The molecule has 2 nitrogen and oxygen atoms in total. The molecule has 0 saturated carbocycles. The van der Waals surface area contributed by atoms with E-state index in [4.69, 9.17) is 4.74 Å². The van der Waals surface area contributed by atoms with E-state index in [2.05, 4.69) is 0 Å². The predicted molar refractivity (Wildman–Crippen MR) is 60.4 cm³/mol. The highest BCUT2D eigenvalue weighted by atomic mass is 19.1. The van der Waals surface area contributed by atoms with Gasteiger partial charge < -0.3 is 4.74 Å². The van der Waals surface area contributed by atoms with Gasteiger partial charge in [0.1, 0.15) is 17.2 Å². The lowest BCUT2D eigenvalue weighted by molar-refractivity contribution is -0.159. The minimum Gasteiger partial charge on any atom is -0.454 e. The monoisotopic (exact) mass is 242 g/mol. The molecule has 1 rings (SSSR count). The van der Waals surface area contributed by atoms with Crippen LogP contribution in [0.3, 0.4) is 0 Å². The van der Waals surface area contributed by atoms with E-state index in [1.165, 1.54) is 19.1 Å². The van der Waals surface area contributed by atoms with E-state index in [0.717, 1.165) is 6.07 Å². The van der Waals surface area contributed by atoms with Crippen molar-refractivity contribution in [3.63, 3.8) is 0 Å². The molecule has 4 heteroatoms. The Balaban J connectivity index is 3.25. The number of esters is 1. The fraction of sp³-hybridized carbons (Fsp3) is 0.462. The average Bonchev–Trinajstić information content (AvgIpc) is 2.24. The maximum Gasteiger partial charge on any atom is 0.303 e. The molecule has 0 N–H and O–H groups in total. The highest BCUT2D eigenvalue weighted by Crippen LogP contribution is 2.34. The zero-order valence-corrected chi connectivity index (χ0v) is 10.2. The van der Waals surface area contributed by atoms with Crippen LogP contribution in [0.2, 0.25) is 0 Å². The second-order valence-electron chi connectivity index (χ2n) is 3.95. The third-order valence-electron chi connectivity index (χ3n) is 2.87. The van der Waals surface area contributed by atoms with Gasteiger partial charge in [0, 0.05) is 18.6 Å². The molecule has 0 aliphatic heterocycles. The minimum atomic E-state index is -0.950. The molecule has 0 aromatic heterocycles. The lowest BCUT2D eigenvalue weighted by atomic mass is 9.88. The van der Waals surface area contributed by atoms with Gasteiger partial charge >= 0.3 is 5.97 Å². The molecule has 0 fully saturated rings. The summed E-state index contributed by atoms with van der Waals surface area (Å²) in [6.45, 7) is 4.92. The zero-order chi connectivity index (χ0) is 13.1. The summed E-state index contributed by atoms with van der Waals surface area (Å²) in [4.78, 5) is 11.1. The van der Waals surface area contributed by atoms with Gasteiger partial charge in [0.25, 0.3) is 0 Å². The Hall–Kier alpha value is -1.45. The number of ether oxygens (including phenoxy) is 1. The number of hydrogen-bond donors (Lipinski definition) is 0. The number of carbonyl (C=O) groups excluding carboxylic acids is 1. The Kier molecular flexibility index (Phi) is 4.21. The topological polar surface area (TPSA) is 26.3 Å². The Morgan fingerprint density at radius 1 is 1.18 bits per heavy atom. The van der Waals surface area contributed by atoms with Gasteiger partial charge in [-0.3, -0.25) is 4.79 Å². The summed E-state index contributed by atoms with van der Waals surface area (Å²) in [7, 11) is 0. The van der Waals surface area contributed by atoms with Gasteiger partial charge in [-0.15, -0.1) is 0 Å². The maximum atomic E-state index is 13.2. The normalized spacial score (nSPS) is 11.4. The SMILES string of the molecule is CCC(CC)(OC(C)=O)c1cc(F)cc(F)c1. The van der Waals surface area contributed by atoms with E-state index in [1.807, 2.05) is 13.8 Å². The quantitative estimate of drug-likeness (QED) is 0.755. The molecule has 0 aliphatic rings. The molecule has 0 heterocycles. The van der Waals surface area contributed by atoms with Gasteiger partial charge in [-0.25, -0.2) is 8.78 Å². The lowest BCUT2D eigenvalue weighted by Gasteiger charge is -2.31. The van der Waals surface area contributed by atoms with Crippen molar-refractivity contribution in [2.24, 2.45) is 0 Å². The van der Waals surface area contributed by atoms with Crippen molar-refractivity contribution in [2.45, 2.75) is 39.2 Å². The fourth-order valence-electron chi connectivity index (χ4n) is 1.95. The van der Waals surface area contributed by atoms with Gasteiger partial charge in [0.2, 0.25) is 0 Å². The molecule has 0 radical (unpaired) electrons. The van der Waals surface area contributed by atoms with E-state index < -0.39 is 23.2 Å². The van der Waals surface area contributed by atoms with Gasteiger partial charge in [0.05, 0.1) is 0 Å². The van der Waals surface area contributed by atoms with Crippen LogP contribution in [0.1, 0.15) is 39.2 Å². The highest BCUT2D eigenvalue weighted by Gasteiger charge is 2.32. The molecule has 1 aromatic carbocycles. The largest absolute Gasteiger partial charge is 0.454 e. The summed E-state index contributed by atoms with van der Waals surface area (Å²) >= 11 is 0. The van der Waals surface area contributed by atoms with Gasteiger partial charge in [-0.05, 0) is 25.0 Å². The van der Waals surface area contributed by atoms with Crippen LogP contribution in [0.4, 0.5) is 8.78 Å². The Morgan fingerprint density at radius 2 is 1.65 bits per heavy atom. The maximum absolute atomic E-state index is 13.2. The molecule has 0 atom stereocenters. The van der Waals surface area contributed by atoms with Crippen LogP contribution in [0.5, 0.6) is 0 Å². The predicted octanol–water partition coefficient (Wildman–Crippen LogP) is 3.54. The summed E-state index contributed by atoms with van der Waals surface area (Å²) in [5.74, 6) is -1.80. The van der Waals surface area contributed by atoms with Crippen molar-refractivity contribution in [1.29, 1.82) is 0 Å². The third-order valence-corrected chi connectivity index (χ3v) is 2.87. The first-order chi connectivity index (χ1) is 7.93. The highest BCUT2D eigenvalue weighted by molar-refractivity contribution is 5.66. The molecule has 0 saturated heterocycles. The molecule has 0 bridgehead atoms. The summed E-state index contributed by atoms with van der Waals surface area (Å²) in [6.07, 6.45) is 0.929. The van der Waals surface area contributed by atoms with Crippen molar-refractivity contribution >= 4 is 5.97 Å². The van der Waals surface area contributed by atoms with Crippen molar-refractivity contribution in [3.8, 4) is 0 Å². The molecule has 0 spiro atoms. The summed E-state index contributed by atoms with van der Waals surface area (Å²) < 4.78 is 31.6. The molecule has 0 aliphatic carbocycles. The Morgan fingerprint density at radius 3 is 2.00 bits per heavy atom. The number of benzene rings is 1. The van der Waals surface area contributed by atoms with E-state index in [9.17, 15) is 13.6 Å². The molecule has 0 amide bonds. The molecular weight excluding hydrogens is 226 g/mol. The summed E-state index contributed by atoms with van der Waals surface area (Å²) in [6, 6.07) is 3.21.